The molecule has 2 heterocycles. The fourth-order valence-electron chi connectivity index (χ4n) is 1.36. The predicted molar refractivity (Wildman–Crippen MR) is 73.0 cm³/mol. The number of nitrogens with zero attached hydrogens (tertiary/aromatic N) is 3. The van der Waals surface area contributed by atoms with Gasteiger partial charge in [-0.15, -0.1) is 21.5 Å². The maximum atomic E-state index is 12.1. The SMILES string of the molecule is Cn1cnnc1CNS(=O)(=O)c1cc(CO)sc1Br. The van der Waals surface area contributed by atoms with E-state index in [1.165, 1.54) is 23.7 Å². The molecular formula is C9H11BrN4O3S2. The van der Waals surface area contributed by atoms with E-state index in [-0.39, 0.29) is 18.0 Å². The van der Waals surface area contributed by atoms with Crippen molar-refractivity contribution in [3.8, 4) is 0 Å². The molecule has 0 saturated heterocycles. The van der Waals surface area contributed by atoms with E-state index in [1.807, 2.05) is 0 Å². The lowest BCUT2D eigenvalue weighted by Crippen LogP contribution is -2.24. The van der Waals surface area contributed by atoms with Gasteiger partial charge < -0.3 is 9.67 Å². The highest BCUT2D eigenvalue weighted by molar-refractivity contribution is 9.11. The lowest BCUT2D eigenvalue weighted by Gasteiger charge is -2.05. The van der Waals surface area contributed by atoms with Gasteiger partial charge in [0.15, 0.2) is 0 Å². The van der Waals surface area contributed by atoms with Crippen LogP contribution in [0, 0.1) is 0 Å². The third-order valence-corrected chi connectivity index (χ3v) is 6.02. The number of hydrogen-bond donors (Lipinski definition) is 2. The standard InChI is InChI=1S/C9H11BrN4O3S2/c1-14-5-11-13-8(14)3-12-19(16,17)7-2-6(4-15)18-9(7)10/h2,5,12,15H,3-4H2,1H3. The molecule has 0 atom stereocenters. The highest BCUT2D eigenvalue weighted by atomic mass is 79.9. The van der Waals surface area contributed by atoms with Crippen LogP contribution in [-0.4, -0.2) is 28.3 Å². The second-order valence-corrected chi connectivity index (χ2v) is 7.88. The van der Waals surface area contributed by atoms with E-state index in [0.717, 1.165) is 0 Å². The highest BCUT2D eigenvalue weighted by Gasteiger charge is 2.21. The van der Waals surface area contributed by atoms with Gasteiger partial charge in [0, 0.05) is 11.9 Å². The summed E-state index contributed by atoms with van der Waals surface area (Å²) >= 11 is 4.36. The number of aromatic nitrogens is 3. The Balaban J connectivity index is 2.18. The van der Waals surface area contributed by atoms with Crippen molar-refractivity contribution in [3.05, 3.63) is 26.9 Å². The summed E-state index contributed by atoms with van der Waals surface area (Å²) in [4.78, 5) is 0.689. The van der Waals surface area contributed by atoms with E-state index in [4.69, 9.17) is 5.11 Å². The van der Waals surface area contributed by atoms with Crippen LogP contribution in [0.15, 0.2) is 21.1 Å². The minimum Gasteiger partial charge on any atom is -0.391 e. The smallest absolute Gasteiger partial charge is 0.242 e. The van der Waals surface area contributed by atoms with Gasteiger partial charge in [-0.1, -0.05) is 0 Å². The Bertz CT molecular complexity index is 679. The summed E-state index contributed by atoms with van der Waals surface area (Å²) in [6.07, 6.45) is 1.49. The van der Waals surface area contributed by atoms with Crippen LogP contribution >= 0.6 is 27.3 Å². The summed E-state index contributed by atoms with van der Waals surface area (Å²) in [7, 11) is -1.92. The van der Waals surface area contributed by atoms with Crippen molar-refractivity contribution in [3.63, 3.8) is 0 Å². The van der Waals surface area contributed by atoms with Gasteiger partial charge in [-0.25, -0.2) is 13.1 Å². The summed E-state index contributed by atoms with van der Waals surface area (Å²) in [5.74, 6) is 0.511. The summed E-state index contributed by atoms with van der Waals surface area (Å²) < 4.78 is 28.8. The number of sulfonamides is 1. The van der Waals surface area contributed by atoms with E-state index < -0.39 is 10.0 Å². The van der Waals surface area contributed by atoms with Gasteiger partial charge in [-0.05, 0) is 22.0 Å². The molecule has 2 aromatic heterocycles. The van der Waals surface area contributed by atoms with Gasteiger partial charge in [0.2, 0.25) is 10.0 Å². The molecule has 2 rings (SSSR count). The fourth-order valence-corrected chi connectivity index (χ4v) is 4.88. The van der Waals surface area contributed by atoms with Gasteiger partial charge in [-0.2, -0.15) is 0 Å². The molecule has 0 aliphatic heterocycles. The number of hydrogen-bond acceptors (Lipinski definition) is 6. The zero-order chi connectivity index (χ0) is 14.0. The molecule has 0 spiro atoms. The van der Waals surface area contributed by atoms with Crippen LogP contribution in [0.5, 0.6) is 0 Å². The number of aliphatic hydroxyl groups is 1. The topological polar surface area (TPSA) is 97.1 Å². The second-order valence-electron chi connectivity index (χ2n) is 3.69. The lowest BCUT2D eigenvalue weighted by molar-refractivity contribution is 0.285. The van der Waals surface area contributed by atoms with Gasteiger partial charge >= 0.3 is 0 Å². The summed E-state index contributed by atoms with van der Waals surface area (Å²) in [6, 6.07) is 1.44. The minimum atomic E-state index is -3.65. The van der Waals surface area contributed by atoms with E-state index >= 15 is 0 Å². The Kier molecular flexibility index (Phi) is 4.36. The molecule has 0 amide bonds. The number of nitrogens with one attached hydrogen (secondary N) is 1. The molecular weight excluding hydrogens is 356 g/mol. The summed E-state index contributed by atoms with van der Waals surface area (Å²) in [5, 5.41) is 16.5. The van der Waals surface area contributed by atoms with Crippen molar-refractivity contribution in [2.75, 3.05) is 0 Å². The lowest BCUT2D eigenvalue weighted by atomic mass is 10.5. The molecule has 0 bridgehead atoms. The third kappa shape index (κ3) is 3.20. The van der Waals surface area contributed by atoms with Crippen LogP contribution in [-0.2, 0) is 30.2 Å². The maximum absolute atomic E-state index is 12.1. The number of rotatable bonds is 5. The number of aryl methyl sites for hydroxylation is 1. The fraction of sp³-hybridized carbons (Fsp3) is 0.333. The zero-order valence-corrected chi connectivity index (χ0v) is 13.1. The molecule has 0 radical (unpaired) electrons. The monoisotopic (exact) mass is 366 g/mol. The highest BCUT2D eigenvalue weighted by Crippen LogP contribution is 2.31. The largest absolute Gasteiger partial charge is 0.391 e. The predicted octanol–water partition coefficient (Wildman–Crippen LogP) is 0.610. The molecule has 10 heteroatoms. The van der Waals surface area contributed by atoms with Crippen molar-refractivity contribution in [2.24, 2.45) is 7.05 Å². The minimum absolute atomic E-state index is 0.0512. The van der Waals surface area contributed by atoms with Crippen molar-refractivity contribution in [1.82, 2.24) is 19.5 Å². The van der Waals surface area contributed by atoms with E-state index in [0.29, 0.717) is 14.5 Å². The number of halogens is 1. The average Bonchev–Trinajstić information content (AvgIpc) is 2.93. The first-order valence-electron chi connectivity index (χ1n) is 5.15. The molecule has 2 N–H and O–H groups in total. The van der Waals surface area contributed by atoms with Crippen LogP contribution in [0.25, 0.3) is 0 Å². The number of aliphatic hydroxyl groups excluding tert-OH is 1. The Morgan fingerprint density at radius 3 is 2.84 bits per heavy atom. The van der Waals surface area contributed by atoms with Crippen molar-refractivity contribution < 1.29 is 13.5 Å². The van der Waals surface area contributed by atoms with E-state index in [1.54, 1.807) is 11.6 Å². The molecule has 0 aromatic carbocycles. The molecule has 19 heavy (non-hydrogen) atoms. The maximum Gasteiger partial charge on any atom is 0.242 e. The van der Waals surface area contributed by atoms with Crippen LogP contribution < -0.4 is 4.72 Å². The van der Waals surface area contributed by atoms with E-state index in [9.17, 15) is 8.42 Å². The Hall–Kier alpha value is -0.810. The molecule has 0 aliphatic carbocycles. The zero-order valence-electron chi connectivity index (χ0n) is 9.87. The second kappa shape index (κ2) is 5.67. The molecule has 0 unspecified atom stereocenters. The first-order chi connectivity index (χ1) is 8.94. The average molecular weight is 367 g/mol. The normalized spacial score (nSPS) is 11.9. The third-order valence-electron chi connectivity index (χ3n) is 2.38. The Morgan fingerprint density at radius 1 is 1.58 bits per heavy atom. The van der Waals surface area contributed by atoms with Crippen molar-refractivity contribution >= 4 is 37.3 Å². The molecule has 0 fully saturated rings. The number of thiophene rings is 1. The van der Waals surface area contributed by atoms with Crippen molar-refractivity contribution in [1.29, 1.82) is 0 Å². The quantitative estimate of drug-likeness (QED) is 0.807. The van der Waals surface area contributed by atoms with Crippen LogP contribution in [0.1, 0.15) is 10.7 Å². The molecule has 0 saturated carbocycles. The van der Waals surface area contributed by atoms with Gasteiger partial charge in [-0.3, -0.25) is 0 Å². The van der Waals surface area contributed by atoms with Crippen LogP contribution in [0.2, 0.25) is 0 Å². The van der Waals surface area contributed by atoms with E-state index in [2.05, 4.69) is 30.8 Å². The first-order valence-corrected chi connectivity index (χ1v) is 8.25. The molecule has 104 valence electrons. The summed E-state index contributed by atoms with van der Waals surface area (Å²) in [6.45, 7) is -0.141. The molecule has 2 aromatic rings. The molecule has 0 aliphatic rings. The van der Waals surface area contributed by atoms with Gasteiger partial charge in [0.1, 0.15) is 17.0 Å². The van der Waals surface area contributed by atoms with Gasteiger partial charge in [0.05, 0.1) is 16.9 Å². The van der Waals surface area contributed by atoms with Crippen LogP contribution in [0.3, 0.4) is 0 Å². The Labute approximate surface area is 122 Å². The first kappa shape index (κ1) is 14.6. The van der Waals surface area contributed by atoms with Crippen molar-refractivity contribution in [2.45, 2.75) is 18.0 Å². The van der Waals surface area contributed by atoms with Crippen LogP contribution in [0.4, 0.5) is 0 Å². The Morgan fingerprint density at radius 2 is 2.32 bits per heavy atom. The van der Waals surface area contributed by atoms with Gasteiger partial charge in [0.25, 0.3) is 0 Å². The summed E-state index contributed by atoms with van der Waals surface area (Å²) in [5.41, 5.74) is 0. The molecule has 7 nitrogen and oxygen atoms in total.